The number of thiophene rings is 1. The Balaban J connectivity index is 1.05. The van der Waals surface area contributed by atoms with Crippen LogP contribution in [0.15, 0.2) is 218 Å². The number of para-hydroxylation sites is 1. The van der Waals surface area contributed by atoms with Crippen molar-refractivity contribution in [1.29, 1.82) is 0 Å². The first-order chi connectivity index (χ1) is 30.7. The number of hydrogen-bond donors (Lipinski definition) is 0. The van der Waals surface area contributed by atoms with E-state index < -0.39 is 0 Å². The van der Waals surface area contributed by atoms with E-state index in [0.717, 1.165) is 55.7 Å². The predicted octanol–water partition coefficient (Wildman–Crippen LogP) is 15.3. The van der Waals surface area contributed by atoms with Crippen molar-refractivity contribution >= 4 is 53.3 Å². The van der Waals surface area contributed by atoms with Crippen LogP contribution in [0.5, 0.6) is 0 Å². The number of aromatic nitrogens is 4. The van der Waals surface area contributed by atoms with Gasteiger partial charge in [0.25, 0.3) is 0 Å². The molecular weight excluding hydrogens is 773 g/mol. The van der Waals surface area contributed by atoms with Gasteiger partial charge in [-0.25, -0.2) is 15.0 Å². The first kappa shape index (κ1) is 35.9. The molecule has 0 atom stereocenters. The molecule has 0 radical (unpaired) electrons. The van der Waals surface area contributed by atoms with Crippen LogP contribution in [0.1, 0.15) is 0 Å². The van der Waals surface area contributed by atoms with Crippen LogP contribution in [0.4, 0.5) is 0 Å². The molecule has 3 heterocycles. The lowest BCUT2D eigenvalue weighted by molar-refractivity contribution is 1.08. The highest BCUT2D eigenvalue weighted by Gasteiger charge is 2.21. The molecule has 0 aliphatic heterocycles. The van der Waals surface area contributed by atoms with Gasteiger partial charge in [0.15, 0.2) is 17.5 Å². The summed E-state index contributed by atoms with van der Waals surface area (Å²) in [7, 11) is 0. The van der Waals surface area contributed by atoms with Gasteiger partial charge >= 0.3 is 0 Å². The van der Waals surface area contributed by atoms with Crippen LogP contribution in [0.3, 0.4) is 0 Å². The van der Waals surface area contributed by atoms with Crippen LogP contribution in [-0.4, -0.2) is 19.5 Å². The SMILES string of the molecule is c1ccc(-c2nc(-c3cccc(-c4ccc(-c5ccccc5)c(-n5c6ccccc6c6c(-c7ccccc7)cccc65)c4)c3)nc(-c3cccc4c3sc3ccccc34)n2)cc1. The van der Waals surface area contributed by atoms with Crippen molar-refractivity contribution in [1.82, 2.24) is 19.5 Å². The molecule has 290 valence electrons. The third-order valence-electron chi connectivity index (χ3n) is 11.9. The van der Waals surface area contributed by atoms with Gasteiger partial charge in [-0.05, 0) is 64.2 Å². The summed E-state index contributed by atoms with van der Waals surface area (Å²) in [5.41, 5.74) is 13.2. The van der Waals surface area contributed by atoms with Gasteiger partial charge in [0.05, 0.1) is 16.7 Å². The van der Waals surface area contributed by atoms with E-state index >= 15 is 0 Å². The average Bonchev–Trinajstić information content (AvgIpc) is 3.91. The van der Waals surface area contributed by atoms with E-state index in [4.69, 9.17) is 15.0 Å². The zero-order valence-electron chi connectivity index (χ0n) is 33.5. The third-order valence-corrected chi connectivity index (χ3v) is 13.1. The number of rotatable bonds is 7. The normalized spacial score (nSPS) is 11.5. The lowest BCUT2D eigenvalue weighted by Gasteiger charge is -2.17. The first-order valence-corrected chi connectivity index (χ1v) is 21.7. The fourth-order valence-electron chi connectivity index (χ4n) is 9.00. The summed E-state index contributed by atoms with van der Waals surface area (Å²) in [5, 5.41) is 4.92. The maximum atomic E-state index is 5.25. The summed E-state index contributed by atoms with van der Waals surface area (Å²) in [6.07, 6.45) is 0. The molecule has 0 aliphatic carbocycles. The first-order valence-electron chi connectivity index (χ1n) is 20.9. The van der Waals surface area contributed by atoms with Gasteiger partial charge < -0.3 is 4.57 Å². The molecule has 12 rings (SSSR count). The number of fused-ring (bicyclic) bond motifs is 6. The Hall–Kier alpha value is -7.99. The van der Waals surface area contributed by atoms with Crippen molar-refractivity contribution < 1.29 is 0 Å². The molecule has 0 amide bonds. The molecule has 0 aliphatic rings. The van der Waals surface area contributed by atoms with Gasteiger partial charge in [0, 0.05) is 53.2 Å². The molecule has 0 fully saturated rings. The van der Waals surface area contributed by atoms with Crippen LogP contribution in [0.2, 0.25) is 0 Å². The Labute approximate surface area is 362 Å². The zero-order valence-corrected chi connectivity index (χ0v) is 34.3. The monoisotopic (exact) mass is 808 g/mol. The van der Waals surface area contributed by atoms with Crippen LogP contribution >= 0.6 is 11.3 Å². The molecule has 4 nitrogen and oxygen atoms in total. The van der Waals surface area contributed by atoms with E-state index in [-0.39, 0.29) is 0 Å². The van der Waals surface area contributed by atoms with Gasteiger partial charge in [-0.3, -0.25) is 0 Å². The zero-order chi connectivity index (χ0) is 41.0. The third kappa shape index (κ3) is 6.09. The highest BCUT2D eigenvalue weighted by Crippen LogP contribution is 2.43. The summed E-state index contributed by atoms with van der Waals surface area (Å²) in [5.74, 6) is 1.93. The molecule has 5 heteroatoms. The van der Waals surface area contributed by atoms with Gasteiger partial charge in [-0.15, -0.1) is 11.3 Å². The van der Waals surface area contributed by atoms with Crippen molar-refractivity contribution in [2.24, 2.45) is 0 Å². The molecule has 0 unspecified atom stereocenters. The molecule has 0 spiro atoms. The van der Waals surface area contributed by atoms with E-state index in [2.05, 4.69) is 205 Å². The minimum atomic E-state index is 0.630. The van der Waals surface area contributed by atoms with Crippen molar-refractivity contribution in [3.8, 4) is 73.2 Å². The van der Waals surface area contributed by atoms with E-state index in [9.17, 15) is 0 Å². The molecule has 62 heavy (non-hydrogen) atoms. The standard InChI is InChI=1S/C57H36N4S/c1-4-17-37(18-5-1)43-34-33-41(36-51(43)61-49-30-12-10-26-47(49)53-44(27-16-31-50(53)61)38-19-6-2-7-20-38)40-23-14-24-42(35-40)56-58-55(39-21-8-3-9-22-39)59-57(60-56)48-29-15-28-46-45-25-11-13-32-52(45)62-54(46)48/h1-36H. The fourth-order valence-corrected chi connectivity index (χ4v) is 10.2. The van der Waals surface area contributed by atoms with E-state index in [0.29, 0.717) is 17.5 Å². The van der Waals surface area contributed by atoms with Crippen LogP contribution in [-0.2, 0) is 0 Å². The Morgan fingerprint density at radius 2 is 0.855 bits per heavy atom. The van der Waals surface area contributed by atoms with E-state index in [1.54, 1.807) is 11.3 Å². The van der Waals surface area contributed by atoms with Gasteiger partial charge in [0.1, 0.15) is 0 Å². The molecule has 0 bridgehead atoms. The molecule has 9 aromatic carbocycles. The minimum Gasteiger partial charge on any atom is -0.309 e. The molecule has 0 saturated heterocycles. The van der Waals surface area contributed by atoms with Crippen LogP contribution < -0.4 is 0 Å². The second-order valence-electron chi connectivity index (χ2n) is 15.5. The van der Waals surface area contributed by atoms with Crippen molar-refractivity contribution in [2.75, 3.05) is 0 Å². The van der Waals surface area contributed by atoms with Crippen molar-refractivity contribution in [3.05, 3.63) is 218 Å². The summed E-state index contributed by atoms with van der Waals surface area (Å²) in [6, 6.07) is 77.6. The molecule has 0 N–H and O–H groups in total. The van der Waals surface area contributed by atoms with E-state index in [1.807, 2.05) is 18.2 Å². The Morgan fingerprint density at radius 1 is 0.323 bits per heavy atom. The minimum absolute atomic E-state index is 0.630. The van der Waals surface area contributed by atoms with Crippen molar-refractivity contribution in [2.45, 2.75) is 0 Å². The molecule has 3 aromatic heterocycles. The maximum absolute atomic E-state index is 5.25. The summed E-state index contributed by atoms with van der Waals surface area (Å²) >= 11 is 1.78. The van der Waals surface area contributed by atoms with Crippen LogP contribution in [0, 0.1) is 0 Å². The Kier molecular flexibility index (Phi) is 8.65. The lowest BCUT2D eigenvalue weighted by atomic mass is 9.96. The second kappa shape index (κ2) is 14.9. The van der Waals surface area contributed by atoms with Crippen LogP contribution in [0.25, 0.3) is 115 Å². The summed E-state index contributed by atoms with van der Waals surface area (Å²) in [6.45, 7) is 0. The molecule has 12 aromatic rings. The number of benzene rings is 9. The quantitative estimate of drug-likeness (QED) is 0.161. The predicted molar refractivity (Wildman–Crippen MR) is 260 cm³/mol. The van der Waals surface area contributed by atoms with Gasteiger partial charge in [-0.2, -0.15) is 0 Å². The Bertz CT molecular complexity index is 3630. The molecule has 0 saturated carbocycles. The fraction of sp³-hybridized carbons (Fsp3) is 0. The lowest BCUT2D eigenvalue weighted by Crippen LogP contribution is -2.00. The molecular formula is C57H36N4S. The summed E-state index contributed by atoms with van der Waals surface area (Å²) in [4.78, 5) is 15.5. The Morgan fingerprint density at radius 3 is 1.65 bits per heavy atom. The largest absolute Gasteiger partial charge is 0.309 e. The highest BCUT2D eigenvalue weighted by molar-refractivity contribution is 7.26. The summed E-state index contributed by atoms with van der Waals surface area (Å²) < 4.78 is 4.87. The second-order valence-corrected chi connectivity index (χ2v) is 16.6. The van der Waals surface area contributed by atoms with Gasteiger partial charge in [0.2, 0.25) is 0 Å². The smallest absolute Gasteiger partial charge is 0.165 e. The van der Waals surface area contributed by atoms with E-state index in [1.165, 1.54) is 42.1 Å². The topological polar surface area (TPSA) is 43.6 Å². The van der Waals surface area contributed by atoms with Gasteiger partial charge in [-0.1, -0.05) is 182 Å². The van der Waals surface area contributed by atoms with Crippen molar-refractivity contribution in [3.63, 3.8) is 0 Å². The average molecular weight is 809 g/mol. The number of hydrogen-bond acceptors (Lipinski definition) is 4. The highest BCUT2D eigenvalue weighted by atomic mass is 32.1. The maximum Gasteiger partial charge on any atom is 0.165 e. The number of nitrogens with zero attached hydrogens (tertiary/aromatic N) is 4.